The van der Waals surface area contributed by atoms with Gasteiger partial charge in [0.25, 0.3) is 0 Å². The number of benzene rings is 2. The van der Waals surface area contributed by atoms with Gasteiger partial charge in [0.1, 0.15) is 13.2 Å². The topological polar surface area (TPSA) is 114 Å². The summed E-state index contributed by atoms with van der Waals surface area (Å²) in [5.74, 6) is -1.43. The Labute approximate surface area is 200 Å². The molecule has 0 unspecified atom stereocenters. The fourth-order valence-electron chi connectivity index (χ4n) is 3.77. The highest BCUT2D eigenvalue weighted by Gasteiger charge is 2.42. The summed E-state index contributed by atoms with van der Waals surface area (Å²) in [6, 6.07) is 12.6. The van der Waals surface area contributed by atoms with E-state index in [0.717, 1.165) is 10.5 Å². The van der Waals surface area contributed by atoms with Gasteiger partial charge in [0, 0.05) is 10.6 Å². The lowest BCUT2D eigenvalue weighted by Crippen LogP contribution is -2.49. The summed E-state index contributed by atoms with van der Waals surface area (Å²) in [5.41, 5.74) is 2.27. The van der Waals surface area contributed by atoms with E-state index in [1.54, 1.807) is 30.8 Å². The van der Waals surface area contributed by atoms with Crippen LogP contribution >= 0.6 is 11.8 Å². The van der Waals surface area contributed by atoms with Gasteiger partial charge >= 0.3 is 18.0 Å². The zero-order chi connectivity index (χ0) is 24.2. The van der Waals surface area contributed by atoms with Gasteiger partial charge in [-0.05, 0) is 55.1 Å². The number of urea groups is 1. The third kappa shape index (κ3) is 4.76. The average Bonchev–Trinajstić information content (AvgIpc) is 3.23. The second-order valence-electron chi connectivity index (χ2n) is 7.52. The van der Waals surface area contributed by atoms with Gasteiger partial charge in [-0.15, -0.1) is 11.8 Å². The van der Waals surface area contributed by atoms with E-state index >= 15 is 0 Å². The molecule has 0 saturated carbocycles. The molecule has 1 atom stereocenters. The molecule has 2 aromatic carbocycles. The standard InChI is InChI=1S/C24H23N3O6S/c1-3-32-22(29)15-4-8-16(9-5-15)25-19(28)12-27-18-13-33-23(30)20(18)21(26-24(27)31)14-6-10-17(34-2)11-7-14/h4-11,21H,3,12-13H2,1-2H3,(H,25,28)(H,26,31)/t21-/m1/s1. The molecular weight excluding hydrogens is 458 g/mol. The average molecular weight is 482 g/mol. The number of ether oxygens (including phenoxy) is 2. The molecule has 0 bridgehead atoms. The number of nitrogens with zero attached hydrogens (tertiary/aromatic N) is 1. The number of carbonyl (C=O) groups is 4. The van der Waals surface area contributed by atoms with E-state index in [0.29, 0.717) is 22.5 Å². The molecule has 2 heterocycles. The summed E-state index contributed by atoms with van der Waals surface area (Å²) in [6.07, 6.45) is 1.96. The van der Waals surface area contributed by atoms with Crippen LogP contribution in [0.2, 0.25) is 0 Å². The number of nitrogens with one attached hydrogen (secondary N) is 2. The summed E-state index contributed by atoms with van der Waals surface area (Å²) in [7, 11) is 0. The maximum Gasteiger partial charge on any atom is 0.338 e. The van der Waals surface area contributed by atoms with Crippen LogP contribution in [0, 0.1) is 0 Å². The Morgan fingerprint density at radius 2 is 1.85 bits per heavy atom. The first-order valence-corrected chi connectivity index (χ1v) is 11.8. The number of amides is 3. The smallest absolute Gasteiger partial charge is 0.338 e. The van der Waals surface area contributed by atoms with Crippen LogP contribution in [0.5, 0.6) is 0 Å². The first kappa shape index (κ1) is 23.4. The lowest BCUT2D eigenvalue weighted by molar-refractivity contribution is -0.136. The summed E-state index contributed by atoms with van der Waals surface area (Å²) < 4.78 is 10.1. The highest BCUT2D eigenvalue weighted by atomic mass is 32.2. The van der Waals surface area contributed by atoms with Crippen molar-refractivity contribution in [3.05, 3.63) is 70.9 Å². The second-order valence-corrected chi connectivity index (χ2v) is 8.40. The minimum Gasteiger partial charge on any atom is -0.462 e. The molecule has 2 N–H and O–H groups in total. The van der Waals surface area contributed by atoms with Crippen LogP contribution in [0.25, 0.3) is 0 Å². The molecule has 9 nitrogen and oxygen atoms in total. The van der Waals surface area contributed by atoms with E-state index in [-0.39, 0.29) is 19.8 Å². The van der Waals surface area contributed by atoms with Crippen LogP contribution < -0.4 is 10.6 Å². The van der Waals surface area contributed by atoms with Gasteiger partial charge in [0.05, 0.1) is 29.5 Å². The van der Waals surface area contributed by atoms with Crippen molar-refractivity contribution in [2.75, 3.05) is 31.3 Å². The molecular formula is C24H23N3O6S. The van der Waals surface area contributed by atoms with Gasteiger partial charge in [0.15, 0.2) is 0 Å². The Bertz CT molecular complexity index is 1160. The number of thioether (sulfide) groups is 1. The number of cyclic esters (lactones) is 1. The van der Waals surface area contributed by atoms with Gasteiger partial charge in [-0.3, -0.25) is 9.69 Å². The normalized spacial score (nSPS) is 17.1. The van der Waals surface area contributed by atoms with Crippen molar-refractivity contribution >= 4 is 41.3 Å². The van der Waals surface area contributed by atoms with Gasteiger partial charge in [0.2, 0.25) is 5.91 Å². The maximum absolute atomic E-state index is 12.9. The monoisotopic (exact) mass is 481 g/mol. The molecule has 3 amide bonds. The molecule has 2 aliphatic rings. The minimum absolute atomic E-state index is 0.0809. The minimum atomic E-state index is -0.650. The number of esters is 2. The number of anilines is 1. The van der Waals surface area contributed by atoms with Crippen molar-refractivity contribution in [1.82, 2.24) is 10.2 Å². The van der Waals surface area contributed by atoms with Crippen molar-refractivity contribution in [2.24, 2.45) is 0 Å². The van der Waals surface area contributed by atoms with Crippen LogP contribution in [0.3, 0.4) is 0 Å². The fraction of sp³-hybridized carbons (Fsp3) is 0.250. The quantitative estimate of drug-likeness (QED) is 0.461. The molecule has 0 fully saturated rings. The van der Waals surface area contributed by atoms with E-state index in [1.165, 1.54) is 17.0 Å². The predicted molar refractivity (Wildman–Crippen MR) is 125 cm³/mol. The highest BCUT2D eigenvalue weighted by molar-refractivity contribution is 7.98. The molecule has 4 rings (SSSR count). The predicted octanol–water partition coefficient (Wildman–Crippen LogP) is 3.10. The molecule has 34 heavy (non-hydrogen) atoms. The van der Waals surface area contributed by atoms with Crippen LogP contribution in [-0.2, 0) is 19.1 Å². The van der Waals surface area contributed by atoms with Crippen molar-refractivity contribution < 1.29 is 28.7 Å². The summed E-state index contributed by atoms with van der Waals surface area (Å²) in [6.45, 7) is 1.60. The first-order chi connectivity index (χ1) is 16.4. The maximum atomic E-state index is 12.9. The zero-order valence-corrected chi connectivity index (χ0v) is 19.4. The van der Waals surface area contributed by atoms with Crippen LogP contribution in [0.4, 0.5) is 10.5 Å². The molecule has 0 radical (unpaired) electrons. The number of hydrogen-bond acceptors (Lipinski definition) is 7. The Kier molecular flexibility index (Phi) is 6.87. The van der Waals surface area contributed by atoms with E-state index in [9.17, 15) is 19.2 Å². The third-order valence-corrected chi connectivity index (χ3v) is 6.17. The fourth-order valence-corrected chi connectivity index (χ4v) is 4.18. The van der Waals surface area contributed by atoms with Crippen molar-refractivity contribution in [1.29, 1.82) is 0 Å². The third-order valence-electron chi connectivity index (χ3n) is 5.43. The van der Waals surface area contributed by atoms with E-state index in [4.69, 9.17) is 9.47 Å². The first-order valence-electron chi connectivity index (χ1n) is 10.6. The zero-order valence-electron chi connectivity index (χ0n) is 18.6. The van der Waals surface area contributed by atoms with Crippen molar-refractivity contribution in [2.45, 2.75) is 17.9 Å². The molecule has 2 aromatic rings. The Morgan fingerprint density at radius 1 is 1.15 bits per heavy atom. The van der Waals surface area contributed by atoms with Gasteiger partial charge in [-0.2, -0.15) is 0 Å². The Hall–Kier alpha value is -3.79. The Balaban J connectivity index is 1.49. The lowest BCUT2D eigenvalue weighted by atomic mass is 9.96. The number of carbonyl (C=O) groups excluding carboxylic acids is 4. The lowest BCUT2D eigenvalue weighted by Gasteiger charge is -2.32. The second kappa shape index (κ2) is 10.0. The van der Waals surface area contributed by atoms with E-state index in [2.05, 4.69) is 10.6 Å². The van der Waals surface area contributed by atoms with Crippen molar-refractivity contribution in [3.8, 4) is 0 Å². The van der Waals surface area contributed by atoms with E-state index in [1.807, 2.05) is 30.5 Å². The molecule has 0 aliphatic carbocycles. The van der Waals surface area contributed by atoms with Crippen LogP contribution in [-0.4, -0.2) is 54.8 Å². The van der Waals surface area contributed by atoms with Crippen molar-refractivity contribution in [3.63, 3.8) is 0 Å². The SMILES string of the molecule is CCOC(=O)c1ccc(NC(=O)CN2C(=O)N[C@H](c3ccc(SC)cc3)C3=C2COC3=O)cc1. The number of hydrogen-bond donors (Lipinski definition) is 2. The van der Waals surface area contributed by atoms with Gasteiger partial charge in [-0.25, -0.2) is 14.4 Å². The Morgan fingerprint density at radius 3 is 2.50 bits per heavy atom. The molecule has 2 aliphatic heterocycles. The molecule has 176 valence electrons. The largest absolute Gasteiger partial charge is 0.462 e. The van der Waals surface area contributed by atoms with Crippen LogP contribution in [0.15, 0.2) is 64.7 Å². The summed E-state index contributed by atoms with van der Waals surface area (Å²) >= 11 is 1.59. The molecule has 0 saturated heterocycles. The number of rotatable bonds is 7. The summed E-state index contributed by atoms with van der Waals surface area (Å²) in [4.78, 5) is 52.1. The van der Waals surface area contributed by atoms with Gasteiger partial charge in [-0.1, -0.05) is 12.1 Å². The molecule has 0 aromatic heterocycles. The molecule has 10 heteroatoms. The van der Waals surface area contributed by atoms with Crippen LogP contribution in [0.1, 0.15) is 28.9 Å². The highest BCUT2D eigenvalue weighted by Crippen LogP contribution is 2.35. The summed E-state index contributed by atoms with van der Waals surface area (Å²) in [5, 5.41) is 5.50. The van der Waals surface area contributed by atoms with E-state index < -0.39 is 29.9 Å². The van der Waals surface area contributed by atoms with Gasteiger partial charge < -0.3 is 20.1 Å². The molecule has 0 spiro atoms.